The summed E-state index contributed by atoms with van der Waals surface area (Å²) >= 11 is 11.0. The van der Waals surface area contributed by atoms with E-state index >= 15 is 0 Å². The Labute approximate surface area is 81.7 Å². The largest absolute Gasteiger partial charge is 0.243 e. The first-order valence-corrected chi connectivity index (χ1v) is 4.40. The fourth-order valence-electron chi connectivity index (χ4n) is 0.662. The molecule has 0 aliphatic carbocycles. The van der Waals surface area contributed by atoms with Gasteiger partial charge < -0.3 is 0 Å². The normalized spacial score (nSPS) is 8.83. The molecule has 0 atom stereocenters. The highest BCUT2D eigenvalue weighted by Gasteiger charge is 1.87. The number of alkyl halides is 1. The maximum atomic E-state index is 5.59. The van der Waals surface area contributed by atoms with E-state index in [4.69, 9.17) is 23.2 Å². The SMILES string of the molecule is ClCCC#Cc1ccc(Cl)nc1. The summed E-state index contributed by atoms with van der Waals surface area (Å²) in [6, 6.07) is 3.54. The number of halogens is 2. The van der Waals surface area contributed by atoms with Crippen LogP contribution in [0.25, 0.3) is 0 Å². The third kappa shape index (κ3) is 3.13. The zero-order chi connectivity index (χ0) is 8.81. The van der Waals surface area contributed by atoms with Gasteiger partial charge in [0.2, 0.25) is 0 Å². The Morgan fingerprint density at radius 3 is 2.83 bits per heavy atom. The first-order chi connectivity index (χ1) is 5.83. The van der Waals surface area contributed by atoms with Crippen molar-refractivity contribution in [3.63, 3.8) is 0 Å². The van der Waals surface area contributed by atoms with Crippen LogP contribution >= 0.6 is 23.2 Å². The van der Waals surface area contributed by atoms with E-state index in [-0.39, 0.29) is 0 Å². The summed E-state index contributed by atoms with van der Waals surface area (Å²) in [7, 11) is 0. The van der Waals surface area contributed by atoms with Crippen LogP contribution in [0.1, 0.15) is 12.0 Å². The van der Waals surface area contributed by atoms with E-state index < -0.39 is 0 Å². The first-order valence-electron chi connectivity index (χ1n) is 3.49. The smallest absolute Gasteiger partial charge is 0.129 e. The third-order valence-electron chi connectivity index (χ3n) is 1.18. The molecule has 0 saturated heterocycles. The molecule has 12 heavy (non-hydrogen) atoms. The number of rotatable bonds is 1. The van der Waals surface area contributed by atoms with Gasteiger partial charge in [-0.25, -0.2) is 4.98 Å². The molecule has 1 nitrogen and oxygen atoms in total. The van der Waals surface area contributed by atoms with Crippen LogP contribution in [0.3, 0.4) is 0 Å². The second-order valence-corrected chi connectivity index (χ2v) is 2.88. The highest BCUT2D eigenvalue weighted by atomic mass is 35.5. The second-order valence-electron chi connectivity index (χ2n) is 2.11. The molecule has 0 radical (unpaired) electrons. The lowest BCUT2D eigenvalue weighted by Gasteiger charge is -1.88. The molecule has 0 saturated carbocycles. The van der Waals surface area contributed by atoms with Gasteiger partial charge in [0.05, 0.1) is 0 Å². The van der Waals surface area contributed by atoms with Crippen LogP contribution in [-0.4, -0.2) is 10.9 Å². The van der Waals surface area contributed by atoms with Gasteiger partial charge in [-0.2, -0.15) is 0 Å². The Morgan fingerprint density at radius 1 is 1.42 bits per heavy atom. The minimum atomic E-state index is 0.484. The molecule has 0 amide bonds. The van der Waals surface area contributed by atoms with E-state index in [0.717, 1.165) is 5.56 Å². The molecular formula is C9H7Cl2N. The van der Waals surface area contributed by atoms with E-state index in [1.54, 1.807) is 12.3 Å². The van der Waals surface area contributed by atoms with Crippen molar-refractivity contribution in [2.45, 2.75) is 6.42 Å². The van der Waals surface area contributed by atoms with Crippen molar-refractivity contribution in [1.29, 1.82) is 0 Å². The average Bonchev–Trinajstić information content (AvgIpc) is 2.09. The maximum absolute atomic E-state index is 5.59. The molecule has 1 heterocycles. The predicted molar refractivity (Wildman–Crippen MR) is 51.5 cm³/mol. The molecule has 0 spiro atoms. The van der Waals surface area contributed by atoms with Crippen molar-refractivity contribution in [1.82, 2.24) is 4.98 Å². The molecule has 0 unspecified atom stereocenters. The summed E-state index contributed by atoms with van der Waals surface area (Å²) in [5, 5.41) is 0.484. The van der Waals surface area contributed by atoms with Crippen molar-refractivity contribution in [3.8, 4) is 11.8 Å². The molecule has 1 aromatic heterocycles. The van der Waals surface area contributed by atoms with Crippen LogP contribution in [0, 0.1) is 11.8 Å². The van der Waals surface area contributed by atoms with Crippen molar-refractivity contribution >= 4 is 23.2 Å². The van der Waals surface area contributed by atoms with Gasteiger partial charge in [-0.3, -0.25) is 0 Å². The van der Waals surface area contributed by atoms with Crippen LogP contribution in [0.15, 0.2) is 18.3 Å². The summed E-state index contributed by atoms with van der Waals surface area (Å²) in [5.41, 5.74) is 0.865. The molecule has 0 fully saturated rings. The number of aromatic nitrogens is 1. The number of pyridine rings is 1. The van der Waals surface area contributed by atoms with E-state index in [0.29, 0.717) is 17.5 Å². The summed E-state index contributed by atoms with van der Waals surface area (Å²) < 4.78 is 0. The number of nitrogens with zero attached hydrogens (tertiary/aromatic N) is 1. The fourth-order valence-corrected chi connectivity index (χ4v) is 0.868. The van der Waals surface area contributed by atoms with Gasteiger partial charge in [0, 0.05) is 24.1 Å². The van der Waals surface area contributed by atoms with Gasteiger partial charge in [-0.1, -0.05) is 23.4 Å². The Morgan fingerprint density at radius 2 is 2.25 bits per heavy atom. The van der Waals surface area contributed by atoms with Crippen molar-refractivity contribution < 1.29 is 0 Å². The van der Waals surface area contributed by atoms with Crippen LogP contribution < -0.4 is 0 Å². The van der Waals surface area contributed by atoms with Crippen molar-refractivity contribution in [2.75, 3.05) is 5.88 Å². The molecule has 0 bridgehead atoms. The Kier molecular flexibility index (Phi) is 3.93. The quantitative estimate of drug-likeness (QED) is 0.386. The topological polar surface area (TPSA) is 12.9 Å². The van der Waals surface area contributed by atoms with E-state index in [1.807, 2.05) is 6.07 Å². The average molecular weight is 200 g/mol. The predicted octanol–water partition coefficient (Wildman–Crippen LogP) is 2.72. The molecule has 0 aliphatic heterocycles. The van der Waals surface area contributed by atoms with Gasteiger partial charge in [0.1, 0.15) is 5.15 Å². The van der Waals surface area contributed by atoms with E-state index in [9.17, 15) is 0 Å². The minimum absolute atomic E-state index is 0.484. The first kappa shape index (κ1) is 9.38. The molecule has 3 heteroatoms. The number of hydrogen-bond donors (Lipinski definition) is 0. The zero-order valence-electron chi connectivity index (χ0n) is 6.35. The summed E-state index contributed by atoms with van der Waals surface area (Å²) in [5.74, 6) is 6.39. The second kappa shape index (κ2) is 5.03. The lowest BCUT2D eigenvalue weighted by Crippen LogP contribution is -1.77. The van der Waals surface area contributed by atoms with Crippen LogP contribution in [0.5, 0.6) is 0 Å². The molecule has 0 aliphatic rings. The van der Waals surface area contributed by atoms with Gasteiger partial charge >= 0.3 is 0 Å². The summed E-state index contributed by atoms with van der Waals surface area (Å²) in [6.45, 7) is 0. The Hall–Kier alpha value is -0.710. The monoisotopic (exact) mass is 199 g/mol. The Bertz CT molecular complexity index is 295. The van der Waals surface area contributed by atoms with E-state index in [2.05, 4.69) is 16.8 Å². The zero-order valence-corrected chi connectivity index (χ0v) is 7.86. The van der Waals surface area contributed by atoms with Gasteiger partial charge in [-0.05, 0) is 12.1 Å². The van der Waals surface area contributed by atoms with Gasteiger partial charge in [0.15, 0.2) is 0 Å². The maximum Gasteiger partial charge on any atom is 0.129 e. The van der Waals surface area contributed by atoms with E-state index in [1.165, 1.54) is 0 Å². The summed E-state index contributed by atoms with van der Waals surface area (Å²) in [4.78, 5) is 3.89. The molecular weight excluding hydrogens is 193 g/mol. The minimum Gasteiger partial charge on any atom is -0.243 e. The van der Waals surface area contributed by atoms with Crippen LogP contribution in [-0.2, 0) is 0 Å². The molecule has 0 N–H and O–H groups in total. The third-order valence-corrected chi connectivity index (χ3v) is 1.59. The van der Waals surface area contributed by atoms with Crippen LogP contribution in [0.4, 0.5) is 0 Å². The van der Waals surface area contributed by atoms with Crippen molar-refractivity contribution in [2.24, 2.45) is 0 Å². The van der Waals surface area contributed by atoms with Gasteiger partial charge in [0.25, 0.3) is 0 Å². The highest BCUT2D eigenvalue weighted by Crippen LogP contribution is 2.03. The molecule has 1 aromatic rings. The van der Waals surface area contributed by atoms with Gasteiger partial charge in [-0.15, -0.1) is 11.6 Å². The van der Waals surface area contributed by atoms with Crippen molar-refractivity contribution in [3.05, 3.63) is 29.0 Å². The molecule has 62 valence electrons. The Balaban J connectivity index is 2.66. The lowest BCUT2D eigenvalue weighted by atomic mass is 10.3. The summed E-state index contributed by atoms with van der Waals surface area (Å²) in [6.07, 6.45) is 2.34. The highest BCUT2D eigenvalue weighted by molar-refractivity contribution is 6.29. The van der Waals surface area contributed by atoms with Crippen LogP contribution in [0.2, 0.25) is 5.15 Å². The standard InChI is InChI=1S/C9H7Cl2N/c10-6-2-1-3-8-4-5-9(11)12-7-8/h4-5,7H,2,6H2. The fraction of sp³-hybridized carbons (Fsp3) is 0.222. The molecule has 1 rings (SSSR count). The lowest BCUT2D eigenvalue weighted by molar-refractivity contribution is 1.28. The molecule has 0 aromatic carbocycles. The number of hydrogen-bond acceptors (Lipinski definition) is 1.